The Morgan fingerprint density at radius 1 is 1.10 bits per heavy atom. The maximum atomic E-state index is 12.9. The molecule has 4 amide bonds. The Labute approximate surface area is 283 Å². The largest absolute Gasteiger partial charge is 0.464 e. The minimum Gasteiger partial charge on any atom is -0.464 e. The molecule has 0 aliphatic carbocycles. The van der Waals surface area contributed by atoms with Gasteiger partial charge in [0.05, 0.1) is 44.5 Å². The number of aryl methyl sites for hydroxylation is 1. The van der Waals surface area contributed by atoms with E-state index in [0.29, 0.717) is 31.7 Å². The quantitative estimate of drug-likeness (QED) is 0.241. The maximum Gasteiger partial charge on any atom is 0.311 e. The second-order valence-corrected chi connectivity index (χ2v) is 12.4. The Morgan fingerprint density at radius 3 is 2.33 bits per heavy atom. The van der Waals surface area contributed by atoms with Crippen molar-refractivity contribution in [2.75, 3.05) is 26.3 Å². The number of likely N-dealkylation sites (tertiary alicyclic amines) is 1. The minimum atomic E-state index is -0.866. The highest BCUT2D eigenvalue weighted by atomic mass is 16.6. The van der Waals surface area contributed by atoms with Crippen molar-refractivity contribution in [1.82, 2.24) is 26.0 Å². The number of epoxide rings is 1. The number of ketones is 1. The van der Waals surface area contributed by atoms with Gasteiger partial charge in [0.15, 0.2) is 5.78 Å². The fourth-order valence-electron chi connectivity index (χ4n) is 4.89. The highest BCUT2D eigenvalue weighted by molar-refractivity contribution is 5.98. The average molecular weight is 672 g/mol. The van der Waals surface area contributed by atoms with Crippen LogP contribution in [0.3, 0.4) is 0 Å². The molecule has 13 nitrogen and oxygen atoms in total. The van der Waals surface area contributed by atoms with Gasteiger partial charge in [0.1, 0.15) is 11.6 Å². The van der Waals surface area contributed by atoms with E-state index in [1.54, 1.807) is 13.8 Å². The molecule has 3 N–H and O–H groups in total. The molecule has 2 fully saturated rings. The van der Waals surface area contributed by atoms with Crippen LogP contribution < -0.4 is 20.7 Å². The topological polar surface area (TPSA) is 172 Å². The van der Waals surface area contributed by atoms with Crippen molar-refractivity contribution in [3.05, 3.63) is 47.7 Å². The number of benzene rings is 1. The SMILES string of the molecule is CC.CCCOc1cc(CC(=O)NCC(=O)N[C@H]2CC(C)N(CC(=O)N[C@@H](CC(C)C)C(=O)C3(C)CO3)C2=O)no1.Cc1ccccc1. The second kappa shape index (κ2) is 19.5. The van der Waals surface area contributed by atoms with Crippen LogP contribution >= 0.6 is 0 Å². The standard InChI is InChI=1S/C26H39N5O8.C7H8.C2H6/c1-6-7-37-23-11-17(30-39-23)10-20(32)27-12-21(33)29-19-9-16(4)31(25(19)36)13-22(34)28-18(8-15(2)3)24(35)26(5)14-38-26;1-7-5-3-2-4-6-7;1-2/h11,15-16,18-19H,6-10,12-14H2,1-5H3,(H,27,32)(H,28,34)(H,29,33);2-6H,1H3;1-2H3/t16?,18-,19-,26?;;/m0../s1. The molecule has 2 unspecified atom stereocenters. The molecule has 4 rings (SSSR count). The van der Waals surface area contributed by atoms with Crippen molar-refractivity contribution in [1.29, 1.82) is 0 Å². The molecule has 1 aromatic heterocycles. The zero-order valence-corrected chi connectivity index (χ0v) is 29.6. The van der Waals surface area contributed by atoms with Gasteiger partial charge in [-0.2, -0.15) is 0 Å². The predicted octanol–water partition coefficient (Wildman–Crippen LogP) is 3.14. The fourth-order valence-corrected chi connectivity index (χ4v) is 4.89. The van der Waals surface area contributed by atoms with Gasteiger partial charge < -0.3 is 34.8 Å². The summed E-state index contributed by atoms with van der Waals surface area (Å²) in [6.07, 6.45) is 1.47. The van der Waals surface area contributed by atoms with E-state index >= 15 is 0 Å². The molecule has 0 bridgehead atoms. The molecule has 1 aromatic carbocycles. The molecular formula is C35H53N5O8. The smallest absolute Gasteiger partial charge is 0.311 e. The Balaban J connectivity index is 0.000000776. The number of nitrogens with one attached hydrogen (secondary N) is 3. The molecule has 266 valence electrons. The monoisotopic (exact) mass is 671 g/mol. The van der Waals surface area contributed by atoms with Gasteiger partial charge in [0.2, 0.25) is 23.6 Å². The number of hydrogen-bond donors (Lipinski definition) is 3. The first-order chi connectivity index (χ1) is 22.8. The van der Waals surface area contributed by atoms with Crippen LogP contribution in [0.1, 0.15) is 79.0 Å². The summed E-state index contributed by atoms with van der Waals surface area (Å²) in [5, 5.41) is 11.6. The van der Waals surface area contributed by atoms with Crippen molar-refractivity contribution < 1.29 is 38.0 Å². The van der Waals surface area contributed by atoms with Crippen LogP contribution in [0.5, 0.6) is 5.95 Å². The molecule has 3 heterocycles. The summed E-state index contributed by atoms with van der Waals surface area (Å²) in [6, 6.07) is 9.95. The molecule has 0 spiro atoms. The third-order valence-corrected chi connectivity index (χ3v) is 7.51. The van der Waals surface area contributed by atoms with Gasteiger partial charge in [0, 0.05) is 12.1 Å². The van der Waals surface area contributed by atoms with E-state index in [2.05, 4.69) is 40.2 Å². The number of hydrogen-bond acceptors (Lipinski definition) is 9. The van der Waals surface area contributed by atoms with Crippen molar-refractivity contribution in [2.45, 2.75) is 105 Å². The zero-order chi connectivity index (χ0) is 35.9. The van der Waals surface area contributed by atoms with E-state index < -0.39 is 41.3 Å². The van der Waals surface area contributed by atoms with Gasteiger partial charge in [-0.15, -0.1) is 0 Å². The zero-order valence-electron chi connectivity index (χ0n) is 29.6. The fraction of sp³-hybridized carbons (Fsp3) is 0.600. The number of aromatic nitrogens is 1. The number of nitrogens with zero attached hydrogens (tertiary/aromatic N) is 2. The number of ether oxygens (including phenoxy) is 2. The predicted molar refractivity (Wildman–Crippen MR) is 180 cm³/mol. The van der Waals surface area contributed by atoms with Crippen LogP contribution in [0.15, 0.2) is 40.9 Å². The van der Waals surface area contributed by atoms with E-state index in [4.69, 9.17) is 14.0 Å². The lowest BCUT2D eigenvalue weighted by Gasteiger charge is -2.25. The van der Waals surface area contributed by atoms with E-state index in [9.17, 15) is 24.0 Å². The van der Waals surface area contributed by atoms with Gasteiger partial charge in [-0.05, 0) is 46.0 Å². The highest BCUT2D eigenvalue weighted by Crippen LogP contribution is 2.29. The Bertz CT molecular complexity index is 1340. The van der Waals surface area contributed by atoms with Gasteiger partial charge >= 0.3 is 5.95 Å². The Morgan fingerprint density at radius 2 is 1.77 bits per heavy atom. The van der Waals surface area contributed by atoms with Crippen molar-refractivity contribution in [3.63, 3.8) is 0 Å². The number of rotatable bonds is 15. The van der Waals surface area contributed by atoms with Crippen molar-refractivity contribution in [3.8, 4) is 5.95 Å². The molecule has 2 aromatic rings. The number of carbonyl (C=O) groups excluding carboxylic acids is 5. The third kappa shape index (κ3) is 13.1. The minimum absolute atomic E-state index is 0.0971. The molecule has 48 heavy (non-hydrogen) atoms. The first-order valence-electron chi connectivity index (χ1n) is 16.8. The molecule has 0 radical (unpaired) electrons. The third-order valence-electron chi connectivity index (χ3n) is 7.51. The number of carbonyl (C=O) groups is 5. The van der Waals surface area contributed by atoms with Gasteiger partial charge in [-0.3, -0.25) is 24.0 Å². The summed E-state index contributed by atoms with van der Waals surface area (Å²) >= 11 is 0. The molecule has 2 aliphatic heterocycles. The molecule has 13 heteroatoms. The summed E-state index contributed by atoms with van der Waals surface area (Å²) in [4.78, 5) is 64.5. The number of amides is 4. The summed E-state index contributed by atoms with van der Waals surface area (Å²) in [7, 11) is 0. The first-order valence-corrected chi connectivity index (χ1v) is 16.8. The molecule has 0 saturated carbocycles. The van der Waals surface area contributed by atoms with Gasteiger partial charge in [-0.25, -0.2) is 0 Å². The maximum absolute atomic E-state index is 12.9. The highest BCUT2D eigenvalue weighted by Gasteiger charge is 2.50. The van der Waals surface area contributed by atoms with E-state index in [1.165, 1.54) is 16.5 Å². The lowest BCUT2D eigenvalue weighted by atomic mass is 9.93. The number of Topliss-reactive ketones (excluding diaryl/α,β-unsaturated/α-hetero) is 1. The summed E-state index contributed by atoms with van der Waals surface area (Å²) in [6.45, 7) is 15.7. The molecule has 2 aliphatic rings. The van der Waals surface area contributed by atoms with Gasteiger partial charge in [-0.1, -0.05) is 75.7 Å². The normalized spacial score (nSPS) is 20.0. The van der Waals surface area contributed by atoms with E-state index in [0.717, 1.165) is 6.42 Å². The Kier molecular flexibility index (Phi) is 16.2. The molecule has 4 atom stereocenters. The second-order valence-electron chi connectivity index (χ2n) is 12.4. The van der Waals surface area contributed by atoms with Crippen LogP contribution in [0.25, 0.3) is 0 Å². The lowest BCUT2D eigenvalue weighted by molar-refractivity contribution is -0.137. The van der Waals surface area contributed by atoms with Crippen molar-refractivity contribution >= 4 is 29.4 Å². The summed E-state index contributed by atoms with van der Waals surface area (Å²) < 4.78 is 15.5. The Hall–Kier alpha value is -4.26. The van der Waals surface area contributed by atoms with Crippen LogP contribution in [-0.2, 0) is 35.1 Å². The van der Waals surface area contributed by atoms with Crippen LogP contribution in [-0.4, -0.2) is 89.5 Å². The van der Waals surface area contributed by atoms with Crippen LogP contribution in [0.4, 0.5) is 0 Å². The molecule has 2 saturated heterocycles. The van der Waals surface area contributed by atoms with Crippen molar-refractivity contribution in [2.24, 2.45) is 5.92 Å². The van der Waals surface area contributed by atoms with E-state index in [1.807, 2.05) is 52.8 Å². The average Bonchev–Trinajstić information content (AvgIpc) is 3.56. The summed E-state index contributed by atoms with van der Waals surface area (Å²) in [5.74, 6) is -1.61. The molecular weight excluding hydrogens is 618 g/mol. The van der Waals surface area contributed by atoms with Crippen LogP contribution in [0.2, 0.25) is 0 Å². The first kappa shape index (κ1) is 39.9. The van der Waals surface area contributed by atoms with Gasteiger partial charge in [0.25, 0.3) is 0 Å². The summed E-state index contributed by atoms with van der Waals surface area (Å²) in [5.41, 5.74) is 0.821. The lowest BCUT2D eigenvalue weighted by Crippen LogP contribution is -2.51. The van der Waals surface area contributed by atoms with E-state index in [-0.39, 0.29) is 43.2 Å². The van der Waals surface area contributed by atoms with Crippen LogP contribution in [0, 0.1) is 12.8 Å².